The standard InChI is InChI=1S/C18H27NO/c1-2-17(15-5-7-16(20)8-6-15)19-13-11-18(12-14-19)9-3-4-10-18/h5-8,17,20H,2-4,9-14H2,1H3. The normalized spacial score (nSPS) is 24.1. The second-order valence-electron chi connectivity index (χ2n) is 6.76. The highest BCUT2D eigenvalue weighted by atomic mass is 16.3. The Morgan fingerprint density at radius 1 is 1.05 bits per heavy atom. The van der Waals surface area contributed by atoms with Crippen LogP contribution in [-0.4, -0.2) is 23.1 Å². The molecule has 1 atom stereocenters. The Kier molecular flexibility index (Phi) is 4.02. The predicted octanol–water partition coefficient (Wildman–Crippen LogP) is 4.50. The van der Waals surface area contributed by atoms with Gasteiger partial charge in [-0.25, -0.2) is 0 Å². The van der Waals surface area contributed by atoms with Crippen LogP contribution in [0, 0.1) is 5.41 Å². The van der Waals surface area contributed by atoms with Crippen molar-refractivity contribution in [2.45, 2.75) is 57.9 Å². The van der Waals surface area contributed by atoms with E-state index in [4.69, 9.17) is 0 Å². The number of aromatic hydroxyl groups is 1. The van der Waals surface area contributed by atoms with Crippen molar-refractivity contribution in [3.63, 3.8) is 0 Å². The number of likely N-dealkylation sites (tertiary alicyclic amines) is 1. The van der Waals surface area contributed by atoms with E-state index in [0.29, 0.717) is 17.2 Å². The first-order valence-electron chi connectivity index (χ1n) is 8.25. The summed E-state index contributed by atoms with van der Waals surface area (Å²) >= 11 is 0. The summed E-state index contributed by atoms with van der Waals surface area (Å²) < 4.78 is 0. The highest BCUT2D eigenvalue weighted by Gasteiger charge is 2.38. The zero-order valence-corrected chi connectivity index (χ0v) is 12.6. The summed E-state index contributed by atoms with van der Waals surface area (Å²) in [5, 5.41) is 9.45. The Morgan fingerprint density at radius 3 is 2.20 bits per heavy atom. The molecule has 2 nitrogen and oxygen atoms in total. The van der Waals surface area contributed by atoms with Crippen molar-refractivity contribution >= 4 is 0 Å². The van der Waals surface area contributed by atoms with E-state index in [2.05, 4.69) is 24.0 Å². The molecule has 1 saturated heterocycles. The van der Waals surface area contributed by atoms with E-state index >= 15 is 0 Å². The number of hydrogen-bond donors (Lipinski definition) is 1. The number of piperidine rings is 1. The summed E-state index contributed by atoms with van der Waals surface area (Å²) in [6, 6.07) is 8.34. The van der Waals surface area contributed by atoms with Crippen molar-refractivity contribution in [1.82, 2.24) is 4.90 Å². The molecule has 1 aliphatic carbocycles. The minimum absolute atomic E-state index is 0.368. The van der Waals surface area contributed by atoms with Gasteiger partial charge in [-0.1, -0.05) is 31.9 Å². The van der Waals surface area contributed by atoms with Crippen LogP contribution in [0.3, 0.4) is 0 Å². The van der Waals surface area contributed by atoms with Gasteiger partial charge in [0.25, 0.3) is 0 Å². The van der Waals surface area contributed by atoms with Crippen LogP contribution in [0.15, 0.2) is 24.3 Å². The Morgan fingerprint density at radius 2 is 1.65 bits per heavy atom. The van der Waals surface area contributed by atoms with E-state index in [1.165, 1.54) is 57.2 Å². The summed E-state index contributed by atoms with van der Waals surface area (Å²) in [6.07, 6.45) is 9.78. The zero-order valence-electron chi connectivity index (χ0n) is 12.6. The lowest BCUT2D eigenvalue weighted by Crippen LogP contribution is -2.40. The van der Waals surface area contributed by atoms with E-state index in [0.717, 1.165) is 6.42 Å². The number of nitrogens with zero attached hydrogens (tertiary/aromatic N) is 1. The third-order valence-electron chi connectivity index (χ3n) is 5.63. The summed E-state index contributed by atoms with van der Waals surface area (Å²) in [5.41, 5.74) is 2.05. The molecular formula is C18H27NO. The Hall–Kier alpha value is -1.02. The van der Waals surface area contributed by atoms with Gasteiger partial charge < -0.3 is 5.11 Å². The molecule has 0 aromatic heterocycles. The van der Waals surface area contributed by atoms with Crippen LogP contribution < -0.4 is 0 Å². The number of benzene rings is 1. The molecule has 1 spiro atoms. The third-order valence-corrected chi connectivity index (χ3v) is 5.63. The Bertz CT molecular complexity index is 423. The SMILES string of the molecule is CCC(c1ccc(O)cc1)N1CCC2(CCCC2)CC1. The lowest BCUT2D eigenvalue weighted by Gasteiger charge is -2.42. The largest absolute Gasteiger partial charge is 0.508 e. The fourth-order valence-electron chi connectivity index (χ4n) is 4.34. The number of hydrogen-bond acceptors (Lipinski definition) is 2. The topological polar surface area (TPSA) is 23.5 Å². The van der Waals surface area contributed by atoms with Crippen molar-refractivity contribution in [3.05, 3.63) is 29.8 Å². The first kappa shape index (κ1) is 13.9. The minimum atomic E-state index is 0.368. The van der Waals surface area contributed by atoms with Gasteiger partial charge in [0.05, 0.1) is 0 Å². The number of phenols is 1. The monoisotopic (exact) mass is 273 g/mol. The molecule has 2 fully saturated rings. The fraction of sp³-hybridized carbons (Fsp3) is 0.667. The average molecular weight is 273 g/mol. The second kappa shape index (κ2) is 5.77. The fourth-order valence-corrected chi connectivity index (χ4v) is 4.34. The van der Waals surface area contributed by atoms with Gasteiger partial charge in [0.2, 0.25) is 0 Å². The molecule has 1 N–H and O–H groups in total. The number of phenolic OH excluding ortho intramolecular Hbond substituents is 1. The molecule has 0 amide bonds. The van der Waals surface area contributed by atoms with Crippen molar-refractivity contribution in [2.24, 2.45) is 5.41 Å². The average Bonchev–Trinajstić information content (AvgIpc) is 2.92. The van der Waals surface area contributed by atoms with Gasteiger partial charge in [-0.05, 0) is 68.3 Å². The minimum Gasteiger partial charge on any atom is -0.508 e. The molecule has 2 aliphatic rings. The molecule has 2 heteroatoms. The smallest absolute Gasteiger partial charge is 0.115 e. The Labute approximate surface area is 122 Å². The lowest BCUT2D eigenvalue weighted by molar-refractivity contribution is 0.0738. The van der Waals surface area contributed by atoms with E-state index in [9.17, 15) is 5.11 Å². The summed E-state index contributed by atoms with van der Waals surface area (Å²) in [4.78, 5) is 2.66. The van der Waals surface area contributed by atoms with Gasteiger partial charge in [-0.2, -0.15) is 0 Å². The second-order valence-corrected chi connectivity index (χ2v) is 6.76. The van der Waals surface area contributed by atoms with E-state index in [-0.39, 0.29) is 0 Å². The Balaban J connectivity index is 1.67. The van der Waals surface area contributed by atoms with Gasteiger partial charge in [0.1, 0.15) is 5.75 Å². The quantitative estimate of drug-likeness (QED) is 0.876. The number of rotatable bonds is 3. The zero-order chi connectivity index (χ0) is 14.0. The van der Waals surface area contributed by atoms with Crippen LogP contribution >= 0.6 is 0 Å². The maximum atomic E-state index is 9.45. The molecule has 1 aromatic rings. The van der Waals surface area contributed by atoms with Crippen LogP contribution in [0.5, 0.6) is 5.75 Å². The first-order valence-corrected chi connectivity index (χ1v) is 8.25. The van der Waals surface area contributed by atoms with Crippen LogP contribution in [0.1, 0.15) is 63.5 Å². The van der Waals surface area contributed by atoms with Gasteiger partial charge in [0.15, 0.2) is 0 Å². The summed E-state index contributed by atoms with van der Waals surface area (Å²) in [5.74, 6) is 0.368. The van der Waals surface area contributed by atoms with Crippen LogP contribution in [0.25, 0.3) is 0 Å². The van der Waals surface area contributed by atoms with Gasteiger partial charge in [-0.15, -0.1) is 0 Å². The molecule has 1 heterocycles. The van der Waals surface area contributed by atoms with E-state index in [1.54, 1.807) is 0 Å². The lowest BCUT2D eigenvalue weighted by atomic mass is 9.76. The van der Waals surface area contributed by atoms with Crippen molar-refractivity contribution in [3.8, 4) is 5.75 Å². The molecule has 0 bridgehead atoms. The molecule has 1 unspecified atom stereocenters. The third kappa shape index (κ3) is 2.71. The molecule has 3 rings (SSSR count). The van der Waals surface area contributed by atoms with Crippen molar-refractivity contribution in [1.29, 1.82) is 0 Å². The van der Waals surface area contributed by atoms with Crippen molar-refractivity contribution < 1.29 is 5.11 Å². The van der Waals surface area contributed by atoms with Crippen LogP contribution in [-0.2, 0) is 0 Å². The summed E-state index contributed by atoms with van der Waals surface area (Å²) in [7, 11) is 0. The maximum absolute atomic E-state index is 9.45. The van der Waals surface area contributed by atoms with Gasteiger partial charge >= 0.3 is 0 Å². The molecular weight excluding hydrogens is 246 g/mol. The molecule has 20 heavy (non-hydrogen) atoms. The predicted molar refractivity (Wildman–Crippen MR) is 82.8 cm³/mol. The highest BCUT2D eigenvalue weighted by molar-refractivity contribution is 5.28. The van der Waals surface area contributed by atoms with Crippen LogP contribution in [0.2, 0.25) is 0 Å². The highest BCUT2D eigenvalue weighted by Crippen LogP contribution is 2.47. The van der Waals surface area contributed by atoms with Crippen LogP contribution in [0.4, 0.5) is 0 Å². The van der Waals surface area contributed by atoms with Gasteiger partial charge in [0, 0.05) is 6.04 Å². The van der Waals surface area contributed by atoms with Gasteiger partial charge in [-0.3, -0.25) is 4.90 Å². The summed E-state index contributed by atoms with van der Waals surface area (Å²) in [6.45, 7) is 4.77. The van der Waals surface area contributed by atoms with E-state index < -0.39 is 0 Å². The molecule has 0 radical (unpaired) electrons. The first-order chi connectivity index (χ1) is 9.72. The maximum Gasteiger partial charge on any atom is 0.115 e. The molecule has 1 aliphatic heterocycles. The van der Waals surface area contributed by atoms with E-state index in [1.807, 2.05) is 12.1 Å². The molecule has 110 valence electrons. The van der Waals surface area contributed by atoms with Crippen molar-refractivity contribution in [2.75, 3.05) is 13.1 Å². The molecule has 1 aromatic carbocycles. The molecule has 1 saturated carbocycles.